The lowest BCUT2D eigenvalue weighted by atomic mass is 10.1. The smallest absolute Gasteiger partial charge is 0.165 e. The molecule has 1 unspecified atom stereocenters. The number of hydrogen-bond donors (Lipinski definition) is 1. The minimum absolute atomic E-state index is 0.142. The average Bonchev–Trinajstić information content (AvgIpc) is 2.45. The molecular formula is C17H28FNO2. The van der Waals surface area contributed by atoms with E-state index < -0.39 is 0 Å². The summed E-state index contributed by atoms with van der Waals surface area (Å²) in [6.45, 7) is 10.8. The maximum Gasteiger partial charge on any atom is 0.165 e. The molecule has 120 valence electrons. The third kappa shape index (κ3) is 6.91. The van der Waals surface area contributed by atoms with E-state index in [2.05, 4.69) is 26.1 Å². The molecule has 0 saturated heterocycles. The second kappa shape index (κ2) is 9.74. The summed E-state index contributed by atoms with van der Waals surface area (Å²) in [7, 11) is 0. The summed E-state index contributed by atoms with van der Waals surface area (Å²) in [5.74, 6) is 0.467. The minimum atomic E-state index is -0.318. The van der Waals surface area contributed by atoms with E-state index >= 15 is 0 Å². The molecule has 0 saturated carbocycles. The summed E-state index contributed by atoms with van der Waals surface area (Å²) >= 11 is 0. The molecule has 21 heavy (non-hydrogen) atoms. The van der Waals surface area contributed by atoms with E-state index in [1.54, 1.807) is 6.07 Å². The maximum absolute atomic E-state index is 14.0. The average molecular weight is 297 g/mol. The Bertz CT molecular complexity index is 410. The van der Waals surface area contributed by atoms with Gasteiger partial charge in [-0.1, -0.05) is 26.8 Å². The highest BCUT2D eigenvalue weighted by molar-refractivity contribution is 5.30. The predicted octanol–water partition coefficient (Wildman–Crippen LogP) is 3.94. The Hall–Kier alpha value is -1.13. The van der Waals surface area contributed by atoms with Crippen LogP contribution in [0.3, 0.4) is 0 Å². The van der Waals surface area contributed by atoms with Gasteiger partial charge < -0.3 is 14.8 Å². The topological polar surface area (TPSA) is 30.5 Å². The zero-order valence-corrected chi connectivity index (χ0v) is 13.6. The van der Waals surface area contributed by atoms with Gasteiger partial charge in [0, 0.05) is 12.6 Å². The second-order valence-corrected chi connectivity index (χ2v) is 5.68. The van der Waals surface area contributed by atoms with Gasteiger partial charge in [-0.2, -0.15) is 0 Å². The van der Waals surface area contributed by atoms with E-state index in [0.717, 1.165) is 18.5 Å². The highest BCUT2D eigenvalue weighted by Gasteiger charge is 2.09. The number of hydrogen-bond acceptors (Lipinski definition) is 3. The molecular weight excluding hydrogens is 269 g/mol. The molecule has 1 atom stereocenters. The minimum Gasteiger partial charge on any atom is -0.488 e. The first-order valence-corrected chi connectivity index (χ1v) is 7.78. The molecule has 0 aromatic heterocycles. The molecule has 0 fully saturated rings. The van der Waals surface area contributed by atoms with Crippen molar-refractivity contribution < 1.29 is 13.9 Å². The Balaban J connectivity index is 2.43. The Labute approximate surface area is 127 Å². The first-order valence-electron chi connectivity index (χ1n) is 7.78. The van der Waals surface area contributed by atoms with Gasteiger partial charge in [-0.05, 0) is 43.5 Å². The van der Waals surface area contributed by atoms with Crippen molar-refractivity contribution in [2.45, 2.75) is 40.2 Å². The van der Waals surface area contributed by atoms with Crippen molar-refractivity contribution in [2.75, 3.05) is 26.4 Å². The number of rotatable bonds is 10. The molecule has 1 N–H and O–H groups in total. The molecule has 0 bridgehead atoms. The molecule has 0 heterocycles. The van der Waals surface area contributed by atoms with Crippen molar-refractivity contribution in [3.63, 3.8) is 0 Å². The molecule has 1 aromatic carbocycles. The second-order valence-electron chi connectivity index (χ2n) is 5.68. The van der Waals surface area contributed by atoms with Gasteiger partial charge in [0.1, 0.15) is 6.61 Å². The van der Waals surface area contributed by atoms with Crippen LogP contribution in [0.1, 0.15) is 45.7 Å². The van der Waals surface area contributed by atoms with Crippen molar-refractivity contribution in [2.24, 2.45) is 5.92 Å². The lowest BCUT2D eigenvalue weighted by Gasteiger charge is -2.15. The monoisotopic (exact) mass is 297 g/mol. The fraction of sp³-hybridized carbons (Fsp3) is 0.647. The van der Waals surface area contributed by atoms with Gasteiger partial charge >= 0.3 is 0 Å². The number of benzene rings is 1. The van der Waals surface area contributed by atoms with Crippen LogP contribution in [0.15, 0.2) is 18.2 Å². The van der Waals surface area contributed by atoms with Gasteiger partial charge in [-0.15, -0.1) is 0 Å². The van der Waals surface area contributed by atoms with Crippen molar-refractivity contribution in [1.82, 2.24) is 5.32 Å². The van der Waals surface area contributed by atoms with Crippen LogP contribution in [0.4, 0.5) is 4.39 Å². The quantitative estimate of drug-likeness (QED) is 0.664. The largest absolute Gasteiger partial charge is 0.488 e. The van der Waals surface area contributed by atoms with Crippen LogP contribution in [-0.4, -0.2) is 26.4 Å². The summed E-state index contributed by atoms with van der Waals surface area (Å²) in [6, 6.07) is 5.28. The van der Waals surface area contributed by atoms with Gasteiger partial charge in [-0.25, -0.2) is 4.39 Å². The highest BCUT2D eigenvalue weighted by atomic mass is 19.1. The Morgan fingerprint density at radius 1 is 1.19 bits per heavy atom. The van der Waals surface area contributed by atoms with Crippen molar-refractivity contribution in [1.29, 1.82) is 0 Å². The summed E-state index contributed by atoms with van der Waals surface area (Å²) in [5, 5.41) is 3.34. The molecule has 0 radical (unpaired) electrons. The van der Waals surface area contributed by atoms with E-state index in [4.69, 9.17) is 9.47 Å². The predicted molar refractivity (Wildman–Crippen MR) is 84.3 cm³/mol. The molecule has 1 rings (SSSR count). The zero-order valence-electron chi connectivity index (χ0n) is 13.6. The summed E-state index contributed by atoms with van der Waals surface area (Å²) < 4.78 is 24.8. The van der Waals surface area contributed by atoms with E-state index in [9.17, 15) is 4.39 Å². The first-order chi connectivity index (χ1) is 10.0. The van der Waals surface area contributed by atoms with Gasteiger partial charge in [-0.3, -0.25) is 0 Å². The highest BCUT2D eigenvalue weighted by Crippen LogP contribution is 2.22. The van der Waals surface area contributed by atoms with Crippen LogP contribution in [0.5, 0.6) is 5.75 Å². The molecule has 1 aromatic rings. The van der Waals surface area contributed by atoms with E-state index in [1.165, 1.54) is 6.07 Å². The summed E-state index contributed by atoms with van der Waals surface area (Å²) in [5.41, 5.74) is 0.935. The van der Waals surface area contributed by atoms with Gasteiger partial charge in [0.05, 0.1) is 6.61 Å². The Morgan fingerprint density at radius 2 is 1.95 bits per heavy atom. The molecule has 4 heteroatoms. The zero-order chi connectivity index (χ0) is 15.7. The van der Waals surface area contributed by atoms with Crippen LogP contribution >= 0.6 is 0 Å². The lowest BCUT2D eigenvalue weighted by Crippen LogP contribution is -2.19. The number of ether oxygens (including phenoxy) is 2. The van der Waals surface area contributed by atoms with Crippen molar-refractivity contribution in [3.8, 4) is 5.75 Å². The van der Waals surface area contributed by atoms with Crippen LogP contribution in [0.2, 0.25) is 0 Å². The van der Waals surface area contributed by atoms with Crippen LogP contribution in [0.25, 0.3) is 0 Å². The van der Waals surface area contributed by atoms with Crippen LogP contribution < -0.4 is 10.1 Å². The van der Waals surface area contributed by atoms with Gasteiger partial charge in [0.2, 0.25) is 0 Å². The standard InChI is InChI=1S/C17H28FNO2/c1-5-8-19-14(4)15-6-7-17(16(18)11-15)21-10-9-20-12-13(2)3/h6-7,11,13-14,19H,5,8-10,12H2,1-4H3. The molecule has 0 aliphatic heterocycles. The summed E-state index contributed by atoms with van der Waals surface area (Å²) in [4.78, 5) is 0. The SMILES string of the molecule is CCCNC(C)c1ccc(OCCOCC(C)C)c(F)c1. The molecule has 3 nitrogen and oxygen atoms in total. The third-order valence-corrected chi connectivity index (χ3v) is 3.09. The van der Waals surface area contributed by atoms with E-state index in [-0.39, 0.29) is 17.6 Å². The van der Waals surface area contributed by atoms with Crippen molar-refractivity contribution in [3.05, 3.63) is 29.6 Å². The van der Waals surface area contributed by atoms with E-state index in [1.807, 2.05) is 13.0 Å². The molecule has 0 spiro atoms. The van der Waals surface area contributed by atoms with E-state index in [0.29, 0.717) is 25.7 Å². The first kappa shape index (κ1) is 17.9. The normalized spacial score (nSPS) is 12.7. The fourth-order valence-corrected chi connectivity index (χ4v) is 1.91. The molecule has 0 amide bonds. The van der Waals surface area contributed by atoms with Gasteiger partial charge in [0.25, 0.3) is 0 Å². The fourth-order valence-electron chi connectivity index (χ4n) is 1.91. The van der Waals surface area contributed by atoms with Crippen LogP contribution in [-0.2, 0) is 4.74 Å². The number of nitrogens with one attached hydrogen (secondary N) is 1. The van der Waals surface area contributed by atoms with Gasteiger partial charge in [0.15, 0.2) is 11.6 Å². The summed E-state index contributed by atoms with van der Waals surface area (Å²) in [6.07, 6.45) is 1.06. The molecule has 0 aliphatic carbocycles. The third-order valence-electron chi connectivity index (χ3n) is 3.09. The Kier molecular flexibility index (Phi) is 8.31. The molecule has 0 aliphatic rings. The Morgan fingerprint density at radius 3 is 2.57 bits per heavy atom. The lowest BCUT2D eigenvalue weighted by molar-refractivity contribution is 0.0807. The maximum atomic E-state index is 14.0. The van der Waals surface area contributed by atoms with Crippen LogP contribution in [0, 0.1) is 11.7 Å². The van der Waals surface area contributed by atoms with Crippen molar-refractivity contribution >= 4 is 0 Å². The number of halogens is 1.